The molecule has 3 aliphatic rings. The molecule has 0 saturated carbocycles. The van der Waals surface area contributed by atoms with Gasteiger partial charge in [0.05, 0.1) is 11.2 Å². The summed E-state index contributed by atoms with van der Waals surface area (Å²) in [6, 6.07) is 7.96. The van der Waals surface area contributed by atoms with E-state index in [1.807, 2.05) is 18.2 Å². The Kier molecular flexibility index (Phi) is 3.70. The van der Waals surface area contributed by atoms with E-state index < -0.39 is 0 Å². The fourth-order valence-corrected chi connectivity index (χ4v) is 4.78. The Bertz CT molecular complexity index is 1050. The lowest BCUT2D eigenvalue weighted by atomic mass is 9.63. The molecule has 2 aromatic rings. The van der Waals surface area contributed by atoms with Gasteiger partial charge in [0.25, 0.3) is 0 Å². The van der Waals surface area contributed by atoms with E-state index in [0.717, 1.165) is 42.3 Å². The molecule has 26 heavy (non-hydrogen) atoms. The van der Waals surface area contributed by atoms with Crippen molar-refractivity contribution in [1.29, 1.82) is 0 Å². The molecule has 1 saturated heterocycles. The Morgan fingerprint density at radius 3 is 2.88 bits per heavy atom. The van der Waals surface area contributed by atoms with Crippen LogP contribution in [0.4, 0.5) is 4.79 Å². The second-order valence-electron chi connectivity index (χ2n) is 7.74. The maximum atomic E-state index is 12.0. The van der Waals surface area contributed by atoms with Crippen molar-refractivity contribution in [2.24, 2.45) is 10.4 Å². The first-order valence-electron chi connectivity index (χ1n) is 8.84. The van der Waals surface area contributed by atoms with Crippen LogP contribution in [0.1, 0.15) is 26.7 Å². The molecule has 5 rings (SSSR count). The molecule has 136 valence electrons. The Morgan fingerprint density at radius 2 is 2.08 bits per heavy atom. The maximum absolute atomic E-state index is 12.0. The summed E-state index contributed by atoms with van der Waals surface area (Å²) >= 11 is 0. The van der Waals surface area contributed by atoms with Crippen LogP contribution in [0.2, 0.25) is 0 Å². The van der Waals surface area contributed by atoms with Crippen molar-refractivity contribution in [3.63, 3.8) is 0 Å². The number of rotatable bonds is 0. The lowest BCUT2D eigenvalue weighted by molar-refractivity contribution is 0.104. The zero-order valence-electron chi connectivity index (χ0n) is 14.9. The molecule has 1 atom stereocenters. The summed E-state index contributed by atoms with van der Waals surface area (Å²) in [4.78, 5) is 18.3. The standard InChI is InChI=1S/C20H21N3O2.ClH/c1-19(2)17-16-14(13-5-3-4-6-15(13)25-16)7-11-23(17)12-9-20(19)8-10-21-18(24)22-20;/h3-7,10H,8-9,11-12H2,1-2H3,(H,22,24);1H. The van der Waals surface area contributed by atoms with Crippen molar-refractivity contribution in [2.75, 3.05) is 13.1 Å². The number of hydrogen-bond acceptors (Lipinski definition) is 3. The number of aliphatic imine (C=N–C) groups is 1. The molecule has 6 heteroatoms. The van der Waals surface area contributed by atoms with Crippen LogP contribution >= 0.6 is 12.4 Å². The van der Waals surface area contributed by atoms with Crippen LogP contribution in [-0.4, -0.2) is 35.8 Å². The summed E-state index contributed by atoms with van der Waals surface area (Å²) in [7, 11) is 0. The minimum Gasteiger partial charge on any atom is -0.454 e. The number of para-hydroxylation sites is 1. The van der Waals surface area contributed by atoms with E-state index in [9.17, 15) is 4.79 Å². The van der Waals surface area contributed by atoms with Crippen molar-refractivity contribution in [3.05, 3.63) is 34.9 Å². The molecule has 1 spiro atoms. The number of halogens is 1. The summed E-state index contributed by atoms with van der Waals surface area (Å²) in [5, 5.41) is 5.53. The number of urea groups is 1. The van der Waals surface area contributed by atoms with E-state index in [1.165, 1.54) is 10.9 Å². The van der Waals surface area contributed by atoms with Gasteiger partial charge >= 0.3 is 6.03 Å². The number of carbonyl (C=O) groups excluding carboxylic acids is 1. The summed E-state index contributed by atoms with van der Waals surface area (Å²) in [6.07, 6.45) is 5.69. The fraction of sp³-hybridized carbons (Fsp3) is 0.400. The molecule has 5 nitrogen and oxygen atoms in total. The Balaban J connectivity index is 0.00000168. The molecule has 1 aromatic carbocycles. The van der Waals surface area contributed by atoms with Gasteiger partial charge in [0.15, 0.2) is 5.42 Å². The number of fused-ring (bicyclic) bond motifs is 4. The highest BCUT2D eigenvalue weighted by molar-refractivity contribution is 5.88. The van der Waals surface area contributed by atoms with Crippen LogP contribution in [0.15, 0.2) is 33.7 Å². The Labute approximate surface area is 157 Å². The number of furan rings is 1. The van der Waals surface area contributed by atoms with Gasteiger partial charge in [-0.05, 0) is 12.5 Å². The molecule has 1 fully saturated rings. The van der Waals surface area contributed by atoms with Gasteiger partial charge in [-0.1, -0.05) is 38.1 Å². The van der Waals surface area contributed by atoms with Gasteiger partial charge in [0.2, 0.25) is 0 Å². The van der Waals surface area contributed by atoms with Crippen LogP contribution in [0.25, 0.3) is 22.7 Å². The lowest BCUT2D eigenvalue weighted by Gasteiger charge is -2.55. The molecule has 2 amide bonds. The van der Waals surface area contributed by atoms with E-state index in [-0.39, 0.29) is 29.4 Å². The predicted molar refractivity (Wildman–Crippen MR) is 105 cm³/mol. The number of benzene rings is 1. The third kappa shape index (κ3) is 2.10. The molecule has 1 aromatic heterocycles. The SMILES string of the molecule is CC1(C)C2=c3oc4ccccc4c3=CCN2CCC12CC=NC(=O)N2.Cl. The van der Waals surface area contributed by atoms with Gasteiger partial charge in [-0.15, -0.1) is 12.4 Å². The monoisotopic (exact) mass is 371 g/mol. The molecule has 0 radical (unpaired) electrons. The largest absolute Gasteiger partial charge is 0.454 e. The molecule has 4 heterocycles. The Morgan fingerprint density at radius 1 is 1.27 bits per heavy atom. The molecular formula is C20H22ClN3O2. The third-order valence-electron chi connectivity index (χ3n) is 6.27. The molecule has 1 N–H and O–H groups in total. The maximum Gasteiger partial charge on any atom is 0.341 e. The average molecular weight is 372 g/mol. The van der Waals surface area contributed by atoms with Crippen molar-refractivity contribution < 1.29 is 9.21 Å². The zero-order valence-corrected chi connectivity index (χ0v) is 15.7. The van der Waals surface area contributed by atoms with Crippen LogP contribution in [0.5, 0.6) is 0 Å². The van der Waals surface area contributed by atoms with Crippen molar-refractivity contribution in [3.8, 4) is 0 Å². The summed E-state index contributed by atoms with van der Waals surface area (Å²) in [5.41, 5.74) is 2.49. The first kappa shape index (κ1) is 17.2. The molecule has 0 bridgehead atoms. The van der Waals surface area contributed by atoms with Crippen molar-refractivity contribution >= 4 is 47.4 Å². The van der Waals surface area contributed by atoms with Gasteiger partial charge < -0.3 is 14.6 Å². The quantitative estimate of drug-likeness (QED) is 0.773. The van der Waals surface area contributed by atoms with E-state index >= 15 is 0 Å². The van der Waals surface area contributed by atoms with Crippen LogP contribution in [0, 0.1) is 5.41 Å². The highest BCUT2D eigenvalue weighted by Gasteiger charge is 2.54. The number of piperidine rings is 1. The zero-order chi connectivity index (χ0) is 17.2. The molecule has 0 aliphatic carbocycles. The van der Waals surface area contributed by atoms with Crippen LogP contribution in [0.3, 0.4) is 0 Å². The number of hydrogen-bond donors (Lipinski definition) is 1. The highest BCUT2D eigenvalue weighted by Crippen LogP contribution is 2.48. The first-order chi connectivity index (χ1) is 12.0. The van der Waals surface area contributed by atoms with E-state index in [4.69, 9.17) is 4.42 Å². The number of nitrogens with zero attached hydrogens (tertiary/aromatic N) is 2. The number of amides is 2. The second kappa shape index (κ2) is 5.61. The molecule has 1 unspecified atom stereocenters. The molecule has 3 aliphatic heterocycles. The smallest absolute Gasteiger partial charge is 0.341 e. The normalized spacial score (nSPS) is 26.0. The van der Waals surface area contributed by atoms with E-state index in [0.29, 0.717) is 0 Å². The van der Waals surface area contributed by atoms with Crippen LogP contribution < -0.4 is 16.0 Å². The summed E-state index contributed by atoms with van der Waals surface area (Å²) in [5.74, 6) is 0. The van der Waals surface area contributed by atoms with Gasteiger partial charge in [-0.2, -0.15) is 0 Å². The first-order valence-corrected chi connectivity index (χ1v) is 8.84. The van der Waals surface area contributed by atoms with E-state index in [1.54, 1.807) is 6.21 Å². The summed E-state index contributed by atoms with van der Waals surface area (Å²) < 4.78 is 6.30. The minimum absolute atomic E-state index is 0. The van der Waals surface area contributed by atoms with Gasteiger partial charge in [-0.25, -0.2) is 9.79 Å². The molecular weight excluding hydrogens is 350 g/mol. The van der Waals surface area contributed by atoms with Gasteiger partial charge in [0.1, 0.15) is 5.58 Å². The van der Waals surface area contributed by atoms with Crippen LogP contribution in [-0.2, 0) is 0 Å². The fourth-order valence-electron chi connectivity index (χ4n) is 4.78. The average Bonchev–Trinajstić information content (AvgIpc) is 2.97. The minimum atomic E-state index is -0.314. The Hall–Kier alpha value is -2.27. The highest BCUT2D eigenvalue weighted by atomic mass is 35.5. The van der Waals surface area contributed by atoms with E-state index in [2.05, 4.69) is 41.2 Å². The summed E-state index contributed by atoms with van der Waals surface area (Å²) in [6.45, 7) is 6.22. The van der Waals surface area contributed by atoms with Crippen molar-refractivity contribution in [2.45, 2.75) is 32.2 Å². The van der Waals surface area contributed by atoms with Gasteiger partial charge in [0, 0.05) is 41.7 Å². The van der Waals surface area contributed by atoms with Gasteiger partial charge in [-0.3, -0.25) is 0 Å². The lowest BCUT2D eigenvalue weighted by Crippen LogP contribution is -2.66. The predicted octanol–water partition coefficient (Wildman–Crippen LogP) is 2.41. The number of nitrogens with one attached hydrogen (secondary N) is 1. The topological polar surface area (TPSA) is 57.8 Å². The van der Waals surface area contributed by atoms with Crippen molar-refractivity contribution in [1.82, 2.24) is 10.2 Å². The number of carbonyl (C=O) groups is 1. The second-order valence-corrected chi connectivity index (χ2v) is 7.74. The third-order valence-corrected chi connectivity index (χ3v) is 6.27.